The third-order valence-electron chi connectivity index (χ3n) is 2.34. The van der Waals surface area contributed by atoms with Gasteiger partial charge < -0.3 is 5.32 Å². The fraction of sp³-hybridized carbons (Fsp3) is 0.818. The highest BCUT2D eigenvalue weighted by atomic mass is 32.2. The summed E-state index contributed by atoms with van der Waals surface area (Å²) in [7, 11) is 1.80. The van der Waals surface area contributed by atoms with Crippen LogP contribution in [-0.4, -0.2) is 36.7 Å². The van der Waals surface area contributed by atoms with E-state index in [1.165, 1.54) is 0 Å². The molecule has 0 heterocycles. The van der Waals surface area contributed by atoms with Crippen molar-refractivity contribution in [1.82, 2.24) is 5.32 Å². The Kier molecular flexibility index (Phi) is 8.71. The average molecular weight is 231 g/mol. The summed E-state index contributed by atoms with van der Waals surface area (Å²) in [6.45, 7) is 1.60. The molecule has 88 valence electrons. The van der Waals surface area contributed by atoms with Crippen molar-refractivity contribution in [2.45, 2.75) is 38.6 Å². The van der Waals surface area contributed by atoms with E-state index in [0.29, 0.717) is 18.0 Å². The molecule has 0 fully saturated rings. The van der Waals surface area contributed by atoms with E-state index in [4.69, 9.17) is 0 Å². The Morgan fingerprint density at radius 2 is 2.00 bits per heavy atom. The van der Waals surface area contributed by atoms with Crippen LogP contribution in [0.25, 0.3) is 0 Å². The largest absolute Gasteiger partial charge is 0.311 e. The van der Waals surface area contributed by atoms with E-state index in [9.17, 15) is 9.59 Å². The molecule has 3 nitrogen and oxygen atoms in total. The molecule has 0 aliphatic heterocycles. The summed E-state index contributed by atoms with van der Waals surface area (Å²) >= 11 is 1.57. The number of unbranched alkanes of at least 4 members (excludes halogenated alkanes) is 1. The zero-order chi connectivity index (χ0) is 11.7. The summed E-state index contributed by atoms with van der Waals surface area (Å²) in [6, 6.07) is -0.0411. The van der Waals surface area contributed by atoms with Crippen LogP contribution in [0.3, 0.4) is 0 Å². The highest BCUT2D eigenvalue weighted by Crippen LogP contribution is 2.06. The van der Waals surface area contributed by atoms with Crippen molar-refractivity contribution in [3.63, 3.8) is 0 Å². The lowest BCUT2D eigenvalue weighted by atomic mass is 10.0. The van der Waals surface area contributed by atoms with Crippen molar-refractivity contribution < 1.29 is 9.59 Å². The number of likely N-dealkylation sites (N-methyl/N-ethyl adjacent to an activating group) is 1. The van der Waals surface area contributed by atoms with Gasteiger partial charge in [-0.3, -0.25) is 9.59 Å². The molecular weight excluding hydrogens is 210 g/mol. The van der Waals surface area contributed by atoms with E-state index in [-0.39, 0.29) is 11.8 Å². The Balaban J connectivity index is 3.52. The van der Waals surface area contributed by atoms with Gasteiger partial charge in [-0.15, -0.1) is 0 Å². The Hall–Kier alpha value is -0.350. The molecule has 0 aliphatic rings. The first-order chi connectivity index (χ1) is 7.11. The van der Waals surface area contributed by atoms with Crippen molar-refractivity contribution in [2.75, 3.05) is 19.1 Å². The van der Waals surface area contributed by atoms with Crippen molar-refractivity contribution in [1.29, 1.82) is 0 Å². The van der Waals surface area contributed by atoms with Gasteiger partial charge in [0.05, 0.1) is 11.8 Å². The predicted octanol–water partition coefficient (Wildman–Crippen LogP) is 1.66. The maximum absolute atomic E-state index is 11.2. The minimum Gasteiger partial charge on any atom is -0.311 e. The standard InChI is InChI=1S/C11H21NO2S/c1-9(13)11(12-2)7-5-4-6-10(14)8-15-3/h11-12H,4-8H2,1-3H3. The Morgan fingerprint density at radius 1 is 1.33 bits per heavy atom. The number of hydrogen-bond donors (Lipinski definition) is 1. The maximum Gasteiger partial charge on any atom is 0.146 e. The number of carbonyl (C=O) groups is 2. The van der Waals surface area contributed by atoms with Crippen LogP contribution in [0, 0.1) is 0 Å². The van der Waals surface area contributed by atoms with Gasteiger partial charge in [0.25, 0.3) is 0 Å². The number of ketones is 2. The van der Waals surface area contributed by atoms with E-state index in [1.54, 1.807) is 25.7 Å². The second-order valence-corrected chi connectivity index (χ2v) is 4.54. The number of Topliss-reactive ketones (excluding diaryl/α,β-unsaturated/α-hetero) is 2. The first-order valence-corrected chi connectivity index (χ1v) is 6.69. The van der Waals surface area contributed by atoms with E-state index in [2.05, 4.69) is 5.32 Å². The van der Waals surface area contributed by atoms with Crippen molar-refractivity contribution >= 4 is 23.3 Å². The van der Waals surface area contributed by atoms with Crippen LogP contribution in [0.1, 0.15) is 32.6 Å². The van der Waals surface area contributed by atoms with Gasteiger partial charge >= 0.3 is 0 Å². The second-order valence-electron chi connectivity index (χ2n) is 3.67. The molecule has 0 bridgehead atoms. The van der Waals surface area contributed by atoms with Crippen molar-refractivity contribution in [2.24, 2.45) is 0 Å². The summed E-state index contributed by atoms with van der Waals surface area (Å²) < 4.78 is 0. The zero-order valence-corrected chi connectivity index (χ0v) is 10.7. The molecule has 0 aromatic heterocycles. The summed E-state index contributed by atoms with van der Waals surface area (Å²) in [4.78, 5) is 22.3. The molecule has 0 aromatic rings. The second kappa shape index (κ2) is 8.92. The molecule has 1 atom stereocenters. The number of carbonyl (C=O) groups excluding carboxylic acids is 2. The molecule has 4 heteroatoms. The quantitative estimate of drug-likeness (QED) is 0.613. The highest BCUT2D eigenvalue weighted by molar-refractivity contribution is 7.99. The lowest BCUT2D eigenvalue weighted by Crippen LogP contribution is -2.32. The van der Waals surface area contributed by atoms with Crippen LogP contribution in [-0.2, 0) is 9.59 Å². The number of hydrogen-bond acceptors (Lipinski definition) is 4. The zero-order valence-electron chi connectivity index (χ0n) is 9.84. The average Bonchev–Trinajstić information content (AvgIpc) is 2.17. The third-order valence-corrected chi connectivity index (χ3v) is 2.95. The molecule has 1 N–H and O–H groups in total. The molecule has 0 spiro atoms. The van der Waals surface area contributed by atoms with E-state index >= 15 is 0 Å². The molecule has 15 heavy (non-hydrogen) atoms. The van der Waals surface area contributed by atoms with E-state index in [1.807, 2.05) is 6.26 Å². The Labute approximate surface area is 96.4 Å². The van der Waals surface area contributed by atoms with Gasteiger partial charge in [-0.1, -0.05) is 6.42 Å². The SMILES string of the molecule is CNC(CCCCC(=O)CSC)C(C)=O. The van der Waals surface area contributed by atoms with E-state index in [0.717, 1.165) is 19.3 Å². The van der Waals surface area contributed by atoms with Gasteiger partial charge in [-0.25, -0.2) is 0 Å². The van der Waals surface area contributed by atoms with Crippen LogP contribution < -0.4 is 5.32 Å². The Bertz CT molecular complexity index is 207. The van der Waals surface area contributed by atoms with Gasteiger partial charge in [0, 0.05) is 6.42 Å². The molecule has 0 saturated heterocycles. The third kappa shape index (κ3) is 7.56. The topological polar surface area (TPSA) is 46.2 Å². The van der Waals surface area contributed by atoms with Crippen molar-refractivity contribution in [3.05, 3.63) is 0 Å². The van der Waals surface area contributed by atoms with Gasteiger partial charge in [0.1, 0.15) is 11.6 Å². The summed E-state index contributed by atoms with van der Waals surface area (Å²) in [5.41, 5.74) is 0. The lowest BCUT2D eigenvalue weighted by Gasteiger charge is -2.11. The maximum atomic E-state index is 11.2. The molecule has 0 saturated carbocycles. The van der Waals surface area contributed by atoms with Crippen LogP contribution in [0.4, 0.5) is 0 Å². The fourth-order valence-electron chi connectivity index (χ4n) is 1.45. The summed E-state index contributed by atoms with van der Waals surface area (Å²) in [5.74, 6) is 1.10. The van der Waals surface area contributed by atoms with Gasteiger partial charge in [-0.2, -0.15) is 11.8 Å². The molecule has 0 aliphatic carbocycles. The normalized spacial score (nSPS) is 12.5. The minimum absolute atomic E-state index is 0.0411. The summed E-state index contributed by atoms with van der Waals surface area (Å²) in [5, 5.41) is 2.98. The number of rotatable bonds is 9. The number of thioether (sulfide) groups is 1. The number of nitrogens with one attached hydrogen (secondary N) is 1. The highest BCUT2D eigenvalue weighted by Gasteiger charge is 2.10. The van der Waals surface area contributed by atoms with Crippen molar-refractivity contribution in [3.8, 4) is 0 Å². The smallest absolute Gasteiger partial charge is 0.146 e. The molecule has 1 unspecified atom stereocenters. The van der Waals surface area contributed by atoms with Gasteiger partial charge in [-0.05, 0) is 33.1 Å². The molecule has 0 rings (SSSR count). The van der Waals surface area contributed by atoms with Crippen LogP contribution in [0.5, 0.6) is 0 Å². The van der Waals surface area contributed by atoms with Crippen LogP contribution in [0.2, 0.25) is 0 Å². The predicted molar refractivity (Wildman–Crippen MR) is 65.4 cm³/mol. The lowest BCUT2D eigenvalue weighted by molar-refractivity contribution is -0.119. The first kappa shape index (κ1) is 14.6. The summed E-state index contributed by atoms with van der Waals surface area (Å²) in [6.07, 6.45) is 5.24. The van der Waals surface area contributed by atoms with Crippen LogP contribution in [0.15, 0.2) is 0 Å². The van der Waals surface area contributed by atoms with Crippen LogP contribution >= 0.6 is 11.8 Å². The van der Waals surface area contributed by atoms with E-state index < -0.39 is 0 Å². The monoisotopic (exact) mass is 231 g/mol. The molecular formula is C11H21NO2S. The van der Waals surface area contributed by atoms with Gasteiger partial charge in [0.15, 0.2) is 0 Å². The fourth-order valence-corrected chi connectivity index (χ4v) is 1.92. The molecule has 0 amide bonds. The minimum atomic E-state index is -0.0411. The first-order valence-electron chi connectivity index (χ1n) is 5.30. The molecule has 0 aromatic carbocycles. The van der Waals surface area contributed by atoms with Gasteiger partial charge in [0.2, 0.25) is 0 Å². The Morgan fingerprint density at radius 3 is 2.47 bits per heavy atom. The molecule has 0 radical (unpaired) electrons.